The average Bonchev–Trinajstić information content (AvgIpc) is 3.22. The van der Waals surface area contributed by atoms with Crippen LogP contribution in [0.15, 0.2) is 0 Å². The van der Waals surface area contributed by atoms with Gasteiger partial charge in [-0.1, -0.05) is 39.0 Å². The van der Waals surface area contributed by atoms with Crippen LogP contribution < -0.4 is 10.6 Å². The SMILES string of the molecule is CCc1nc2n(n1)CCC[C@@H]2NC(=O)N[C@@H]1C[C@@H]1C1CCCCC1. The van der Waals surface area contributed by atoms with E-state index in [0.717, 1.165) is 49.3 Å². The maximum Gasteiger partial charge on any atom is 0.315 e. The second kappa shape index (κ2) is 6.73. The minimum Gasteiger partial charge on any atom is -0.335 e. The molecular formula is C18H29N5O. The van der Waals surface area contributed by atoms with E-state index >= 15 is 0 Å². The Morgan fingerprint density at radius 2 is 2.00 bits per heavy atom. The predicted octanol–water partition coefficient (Wildman–Crippen LogP) is 2.94. The Kier molecular flexibility index (Phi) is 4.46. The van der Waals surface area contributed by atoms with Crippen LogP contribution in [0.1, 0.15) is 76.0 Å². The van der Waals surface area contributed by atoms with Crippen LogP contribution in [-0.4, -0.2) is 26.8 Å². The van der Waals surface area contributed by atoms with E-state index in [0.29, 0.717) is 6.04 Å². The maximum atomic E-state index is 12.4. The highest BCUT2D eigenvalue weighted by Crippen LogP contribution is 2.44. The van der Waals surface area contributed by atoms with Crippen molar-refractivity contribution in [1.29, 1.82) is 0 Å². The van der Waals surface area contributed by atoms with Gasteiger partial charge in [0.25, 0.3) is 0 Å². The van der Waals surface area contributed by atoms with E-state index in [9.17, 15) is 4.79 Å². The molecule has 0 radical (unpaired) electrons. The van der Waals surface area contributed by atoms with Crippen LogP contribution in [0, 0.1) is 11.8 Å². The standard InChI is InChI=1S/C18H29N5O/c1-2-16-21-17-14(9-6-10-23(17)22-16)19-18(24)20-15-11-13(15)12-7-4-3-5-8-12/h12-15H,2-11H2,1H3,(H2,19,20,24)/t13-,14+,15-/m1/s1. The molecule has 2 N–H and O–H groups in total. The molecule has 2 aliphatic carbocycles. The maximum absolute atomic E-state index is 12.4. The van der Waals surface area contributed by atoms with Crippen molar-refractivity contribution in [2.24, 2.45) is 11.8 Å². The molecule has 0 bridgehead atoms. The first kappa shape index (κ1) is 15.9. The second-order valence-corrected chi connectivity index (χ2v) is 7.68. The van der Waals surface area contributed by atoms with Crippen LogP contribution >= 0.6 is 0 Å². The van der Waals surface area contributed by atoms with Gasteiger partial charge in [0.2, 0.25) is 0 Å². The molecule has 2 fully saturated rings. The van der Waals surface area contributed by atoms with Gasteiger partial charge in [0.1, 0.15) is 5.82 Å². The van der Waals surface area contributed by atoms with Crippen LogP contribution in [0.2, 0.25) is 0 Å². The topological polar surface area (TPSA) is 71.8 Å². The molecule has 1 aliphatic heterocycles. The van der Waals surface area contributed by atoms with Gasteiger partial charge in [-0.3, -0.25) is 0 Å². The molecule has 4 rings (SSSR count). The molecule has 0 aromatic carbocycles. The van der Waals surface area contributed by atoms with Gasteiger partial charge in [0.15, 0.2) is 5.82 Å². The molecule has 3 aliphatic rings. The predicted molar refractivity (Wildman–Crippen MR) is 91.5 cm³/mol. The molecule has 1 aromatic heterocycles. The fraction of sp³-hybridized carbons (Fsp3) is 0.833. The summed E-state index contributed by atoms with van der Waals surface area (Å²) >= 11 is 0. The molecule has 2 amide bonds. The monoisotopic (exact) mass is 331 g/mol. The first-order chi connectivity index (χ1) is 11.7. The summed E-state index contributed by atoms with van der Waals surface area (Å²) in [5.41, 5.74) is 0. The lowest BCUT2D eigenvalue weighted by Crippen LogP contribution is -2.41. The fourth-order valence-electron chi connectivity index (χ4n) is 4.52. The fourth-order valence-corrected chi connectivity index (χ4v) is 4.52. The lowest BCUT2D eigenvalue weighted by Gasteiger charge is -2.24. The molecule has 2 saturated carbocycles. The summed E-state index contributed by atoms with van der Waals surface area (Å²) in [6.07, 6.45) is 10.8. The van der Waals surface area contributed by atoms with Crippen molar-refractivity contribution in [2.45, 2.75) is 83.3 Å². The number of nitrogens with zero attached hydrogens (tertiary/aromatic N) is 3. The summed E-state index contributed by atoms with van der Waals surface area (Å²) in [5, 5.41) is 10.8. The molecule has 2 heterocycles. The summed E-state index contributed by atoms with van der Waals surface area (Å²) < 4.78 is 1.97. The molecule has 24 heavy (non-hydrogen) atoms. The number of aromatic nitrogens is 3. The van der Waals surface area contributed by atoms with E-state index in [1.807, 2.05) is 4.68 Å². The molecule has 0 saturated heterocycles. The van der Waals surface area contributed by atoms with Gasteiger partial charge in [-0.05, 0) is 31.1 Å². The third kappa shape index (κ3) is 3.28. The summed E-state index contributed by atoms with van der Waals surface area (Å²) in [7, 11) is 0. The van der Waals surface area contributed by atoms with Crippen LogP contribution in [0.25, 0.3) is 0 Å². The van der Waals surface area contributed by atoms with Gasteiger partial charge in [0.05, 0.1) is 6.04 Å². The zero-order valence-corrected chi connectivity index (χ0v) is 14.6. The Bertz CT molecular complexity index is 592. The smallest absolute Gasteiger partial charge is 0.315 e. The number of hydrogen-bond donors (Lipinski definition) is 2. The normalized spacial score (nSPS) is 29.8. The van der Waals surface area contributed by atoms with Crippen molar-refractivity contribution in [1.82, 2.24) is 25.4 Å². The van der Waals surface area contributed by atoms with Crippen molar-refractivity contribution in [3.63, 3.8) is 0 Å². The minimum absolute atomic E-state index is 0.00145. The largest absolute Gasteiger partial charge is 0.335 e. The Hall–Kier alpha value is -1.59. The number of amides is 2. The van der Waals surface area contributed by atoms with Crippen molar-refractivity contribution in [2.75, 3.05) is 0 Å². The molecule has 6 heteroatoms. The van der Waals surface area contributed by atoms with Gasteiger partial charge < -0.3 is 10.6 Å². The quantitative estimate of drug-likeness (QED) is 0.891. The van der Waals surface area contributed by atoms with Crippen LogP contribution in [0.4, 0.5) is 4.79 Å². The highest BCUT2D eigenvalue weighted by atomic mass is 16.2. The summed E-state index contributed by atoms with van der Waals surface area (Å²) in [4.78, 5) is 17.0. The van der Waals surface area contributed by atoms with Crippen LogP contribution in [0.5, 0.6) is 0 Å². The zero-order chi connectivity index (χ0) is 16.5. The number of aryl methyl sites for hydroxylation is 2. The van der Waals surface area contributed by atoms with Crippen molar-refractivity contribution in [3.05, 3.63) is 11.6 Å². The van der Waals surface area contributed by atoms with Gasteiger partial charge in [-0.25, -0.2) is 14.5 Å². The van der Waals surface area contributed by atoms with Crippen molar-refractivity contribution >= 4 is 6.03 Å². The molecule has 1 aromatic rings. The number of hydrogen-bond acceptors (Lipinski definition) is 3. The van der Waals surface area contributed by atoms with Crippen LogP contribution in [0.3, 0.4) is 0 Å². The first-order valence-electron chi connectivity index (χ1n) is 9.75. The van der Waals surface area contributed by atoms with E-state index < -0.39 is 0 Å². The lowest BCUT2D eigenvalue weighted by atomic mass is 9.85. The van der Waals surface area contributed by atoms with E-state index in [2.05, 4.69) is 27.6 Å². The molecule has 132 valence electrons. The summed E-state index contributed by atoms with van der Waals surface area (Å²) in [5.74, 6) is 3.36. The number of urea groups is 1. The van der Waals surface area contributed by atoms with E-state index in [4.69, 9.17) is 0 Å². The van der Waals surface area contributed by atoms with Crippen molar-refractivity contribution in [3.8, 4) is 0 Å². The Balaban J connectivity index is 1.30. The number of fused-ring (bicyclic) bond motifs is 1. The first-order valence-corrected chi connectivity index (χ1v) is 9.75. The van der Waals surface area contributed by atoms with E-state index in [1.165, 1.54) is 38.5 Å². The number of nitrogens with one attached hydrogen (secondary N) is 2. The third-order valence-corrected chi connectivity index (χ3v) is 5.95. The second-order valence-electron chi connectivity index (χ2n) is 7.68. The van der Waals surface area contributed by atoms with Gasteiger partial charge in [-0.2, -0.15) is 5.10 Å². The van der Waals surface area contributed by atoms with E-state index in [-0.39, 0.29) is 12.1 Å². The number of carbonyl (C=O) groups is 1. The van der Waals surface area contributed by atoms with E-state index in [1.54, 1.807) is 0 Å². The van der Waals surface area contributed by atoms with Crippen LogP contribution in [-0.2, 0) is 13.0 Å². The minimum atomic E-state index is -0.0298. The highest BCUT2D eigenvalue weighted by molar-refractivity contribution is 5.75. The van der Waals surface area contributed by atoms with Crippen molar-refractivity contribution < 1.29 is 4.79 Å². The Morgan fingerprint density at radius 3 is 2.79 bits per heavy atom. The van der Waals surface area contributed by atoms with Gasteiger partial charge in [0, 0.05) is 19.0 Å². The Morgan fingerprint density at radius 1 is 1.17 bits per heavy atom. The van der Waals surface area contributed by atoms with Gasteiger partial charge in [-0.15, -0.1) is 0 Å². The zero-order valence-electron chi connectivity index (χ0n) is 14.6. The average molecular weight is 331 g/mol. The highest BCUT2D eigenvalue weighted by Gasteiger charge is 2.44. The van der Waals surface area contributed by atoms with Gasteiger partial charge >= 0.3 is 6.03 Å². The summed E-state index contributed by atoms with van der Waals surface area (Å²) in [6, 6.07) is 0.358. The molecular weight excluding hydrogens is 302 g/mol. The molecule has 0 spiro atoms. The lowest BCUT2D eigenvalue weighted by molar-refractivity contribution is 0.230. The molecule has 0 unspecified atom stereocenters. The Labute approximate surface area is 143 Å². The third-order valence-electron chi connectivity index (χ3n) is 5.95. The number of carbonyl (C=O) groups excluding carboxylic acids is 1. The molecule has 3 atom stereocenters. The number of rotatable bonds is 4. The summed E-state index contributed by atoms with van der Waals surface area (Å²) in [6.45, 7) is 2.98. The molecule has 6 nitrogen and oxygen atoms in total.